The minimum absolute atomic E-state index is 0.0763. The van der Waals surface area contributed by atoms with Crippen molar-refractivity contribution < 1.29 is 9.13 Å². The Kier molecular flexibility index (Phi) is 4.86. The SMILES string of the molecule is COc1ccc(Cc2nc(Cl)nc(Nc3cccc(F)c3)n2)cc1. The normalized spacial score (nSPS) is 10.5. The lowest BCUT2D eigenvalue weighted by Gasteiger charge is -2.07. The topological polar surface area (TPSA) is 59.9 Å². The number of hydrogen-bond acceptors (Lipinski definition) is 5. The van der Waals surface area contributed by atoms with Crippen LogP contribution < -0.4 is 10.1 Å². The van der Waals surface area contributed by atoms with Gasteiger partial charge in [-0.15, -0.1) is 0 Å². The van der Waals surface area contributed by atoms with E-state index >= 15 is 0 Å². The molecule has 7 heteroatoms. The van der Waals surface area contributed by atoms with Gasteiger partial charge in [0.15, 0.2) is 0 Å². The zero-order valence-corrected chi connectivity index (χ0v) is 13.6. The molecule has 0 unspecified atom stereocenters. The van der Waals surface area contributed by atoms with Gasteiger partial charge in [-0.1, -0.05) is 18.2 Å². The van der Waals surface area contributed by atoms with Crippen molar-refractivity contribution in [2.24, 2.45) is 0 Å². The first-order valence-electron chi connectivity index (χ1n) is 7.18. The van der Waals surface area contributed by atoms with Crippen LogP contribution in [0.2, 0.25) is 5.28 Å². The second kappa shape index (κ2) is 7.23. The second-order valence-electron chi connectivity index (χ2n) is 5.00. The summed E-state index contributed by atoms with van der Waals surface area (Å²) in [6, 6.07) is 13.6. The van der Waals surface area contributed by atoms with Gasteiger partial charge in [-0.3, -0.25) is 0 Å². The number of hydrogen-bond donors (Lipinski definition) is 1. The third kappa shape index (κ3) is 4.17. The van der Waals surface area contributed by atoms with E-state index in [0.717, 1.165) is 11.3 Å². The molecule has 1 heterocycles. The molecule has 24 heavy (non-hydrogen) atoms. The van der Waals surface area contributed by atoms with Crippen LogP contribution in [0.1, 0.15) is 11.4 Å². The number of anilines is 2. The summed E-state index contributed by atoms with van der Waals surface area (Å²) in [5.41, 5.74) is 1.54. The number of halogens is 2. The molecule has 0 saturated carbocycles. The Morgan fingerprint density at radius 3 is 2.58 bits per heavy atom. The zero-order valence-electron chi connectivity index (χ0n) is 12.8. The van der Waals surface area contributed by atoms with Crippen LogP contribution in [-0.2, 0) is 6.42 Å². The minimum atomic E-state index is -0.349. The summed E-state index contributed by atoms with van der Waals surface area (Å²) < 4.78 is 18.4. The molecule has 0 aliphatic carbocycles. The predicted molar refractivity (Wildman–Crippen MR) is 90.3 cm³/mol. The van der Waals surface area contributed by atoms with Crippen LogP contribution in [0, 0.1) is 5.82 Å². The fraction of sp³-hybridized carbons (Fsp3) is 0.118. The van der Waals surface area contributed by atoms with Crippen molar-refractivity contribution in [3.63, 3.8) is 0 Å². The average Bonchev–Trinajstić information content (AvgIpc) is 2.55. The molecule has 0 aliphatic rings. The molecule has 0 fully saturated rings. The van der Waals surface area contributed by atoms with E-state index in [4.69, 9.17) is 16.3 Å². The smallest absolute Gasteiger partial charge is 0.231 e. The molecule has 2 aromatic carbocycles. The van der Waals surface area contributed by atoms with Gasteiger partial charge in [0, 0.05) is 12.1 Å². The fourth-order valence-electron chi connectivity index (χ4n) is 2.15. The average molecular weight is 345 g/mol. The Balaban J connectivity index is 1.80. The summed E-state index contributed by atoms with van der Waals surface area (Å²) in [5.74, 6) is 1.21. The van der Waals surface area contributed by atoms with Crippen LogP contribution in [0.15, 0.2) is 48.5 Å². The number of methoxy groups -OCH3 is 1. The maximum absolute atomic E-state index is 13.2. The maximum atomic E-state index is 13.2. The van der Waals surface area contributed by atoms with Crippen LogP contribution in [0.25, 0.3) is 0 Å². The predicted octanol–water partition coefficient (Wildman–Crippen LogP) is 4.01. The van der Waals surface area contributed by atoms with Crippen molar-refractivity contribution in [1.29, 1.82) is 0 Å². The summed E-state index contributed by atoms with van der Waals surface area (Å²) in [4.78, 5) is 12.5. The van der Waals surface area contributed by atoms with Gasteiger partial charge in [-0.05, 0) is 47.5 Å². The number of nitrogens with zero attached hydrogens (tertiary/aromatic N) is 3. The molecule has 1 N–H and O–H groups in total. The standard InChI is InChI=1S/C17H14ClFN4O/c1-24-14-7-5-11(6-8-14)9-15-21-16(18)23-17(22-15)20-13-4-2-3-12(19)10-13/h2-8,10H,9H2,1H3,(H,20,21,22,23). The van der Waals surface area contributed by atoms with Gasteiger partial charge in [-0.2, -0.15) is 9.97 Å². The van der Waals surface area contributed by atoms with E-state index in [-0.39, 0.29) is 17.0 Å². The highest BCUT2D eigenvalue weighted by Gasteiger charge is 2.07. The Labute approximate surface area is 143 Å². The molecule has 5 nitrogen and oxygen atoms in total. The van der Waals surface area contributed by atoms with Crippen LogP contribution in [0.3, 0.4) is 0 Å². The molecule has 0 saturated heterocycles. The molecule has 0 amide bonds. The van der Waals surface area contributed by atoms with Crippen molar-refractivity contribution in [2.45, 2.75) is 6.42 Å². The monoisotopic (exact) mass is 344 g/mol. The highest BCUT2D eigenvalue weighted by atomic mass is 35.5. The number of ether oxygens (including phenoxy) is 1. The van der Waals surface area contributed by atoms with Crippen molar-refractivity contribution in [1.82, 2.24) is 15.0 Å². The van der Waals surface area contributed by atoms with Crippen molar-refractivity contribution in [3.8, 4) is 5.75 Å². The molecule has 0 radical (unpaired) electrons. The first kappa shape index (κ1) is 16.1. The van der Waals surface area contributed by atoms with E-state index in [1.54, 1.807) is 19.2 Å². The van der Waals surface area contributed by atoms with Crippen molar-refractivity contribution >= 4 is 23.2 Å². The van der Waals surface area contributed by atoms with Crippen LogP contribution in [0.4, 0.5) is 16.0 Å². The third-order valence-corrected chi connectivity index (χ3v) is 3.43. The van der Waals surface area contributed by atoms with Gasteiger partial charge >= 0.3 is 0 Å². The molecular weight excluding hydrogens is 331 g/mol. The van der Waals surface area contributed by atoms with E-state index in [0.29, 0.717) is 17.9 Å². The van der Waals surface area contributed by atoms with Gasteiger partial charge in [0.25, 0.3) is 0 Å². The van der Waals surface area contributed by atoms with Gasteiger partial charge in [0.05, 0.1) is 7.11 Å². The second-order valence-corrected chi connectivity index (χ2v) is 5.34. The summed E-state index contributed by atoms with van der Waals surface area (Å²) in [6.45, 7) is 0. The first-order valence-corrected chi connectivity index (χ1v) is 7.56. The quantitative estimate of drug-likeness (QED) is 0.757. The Morgan fingerprint density at radius 2 is 1.88 bits per heavy atom. The Morgan fingerprint density at radius 1 is 1.08 bits per heavy atom. The van der Waals surface area contributed by atoms with E-state index in [9.17, 15) is 4.39 Å². The molecule has 122 valence electrons. The summed E-state index contributed by atoms with van der Waals surface area (Å²) >= 11 is 5.97. The van der Waals surface area contributed by atoms with Crippen molar-refractivity contribution in [2.75, 3.05) is 12.4 Å². The molecule has 0 spiro atoms. The van der Waals surface area contributed by atoms with E-state index < -0.39 is 0 Å². The summed E-state index contributed by atoms with van der Waals surface area (Å²) in [6.07, 6.45) is 0.490. The summed E-state index contributed by atoms with van der Waals surface area (Å²) in [7, 11) is 1.62. The van der Waals surface area contributed by atoms with E-state index in [2.05, 4.69) is 20.3 Å². The lowest BCUT2D eigenvalue weighted by atomic mass is 10.1. The van der Waals surface area contributed by atoms with Gasteiger partial charge in [0.2, 0.25) is 11.2 Å². The highest BCUT2D eigenvalue weighted by molar-refractivity contribution is 6.28. The van der Waals surface area contributed by atoms with E-state index in [1.165, 1.54) is 12.1 Å². The maximum Gasteiger partial charge on any atom is 0.231 e. The zero-order chi connectivity index (χ0) is 16.9. The lowest BCUT2D eigenvalue weighted by molar-refractivity contribution is 0.414. The van der Waals surface area contributed by atoms with Crippen LogP contribution in [0.5, 0.6) is 5.75 Å². The molecule has 0 bridgehead atoms. The molecule has 0 atom stereocenters. The van der Waals surface area contributed by atoms with Gasteiger partial charge in [-0.25, -0.2) is 9.37 Å². The van der Waals surface area contributed by atoms with Crippen LogP contribution in [-0.4, -0.2) is 22.1 Å². The van der Waals surface area contributed by atoms with Crippen molar-refractivity contribution in [3.05, 3.63) is 71.0 Å². The molecule has 3 rings (SSSR count). The Hall–Kier alpha value is -2.73. The number of rotatable bonds is 5. The largest absolute Gasteiger partial charge is 0.497 e. The third-order valence-electron chi connectivity index (χ3n) is 3.26. The summed E-state index contributed by atoms with van der Waals surface area (Å²) in [5, 5.41) is 3.00. The molecule has 3 aromatic rings. The first-order chi connectivity index (χ1) is 11.6. The molecular formula is C17H14ClFN4O. The van der Waals surface area contributed by atoms with Gasteiger partial charge in [0.1, 0.15) is 17.4 Å². The van der Waals surface area contributed by atoms with Gasteiger partial charge < -0.3 is 10.1 Å². The number of benzene rings is 2. The molecule has 0 aliphatic heterocycles. The lowest BCUT2D eigenvalue weighted by Crippen LogP contribution is -2.04. The number of nitrogens with one attached hydrogen (secondary N) is 1. The Bertz CT molecular complexity index is 842. The molecule has 1 aromatic heterocycles. The van der Waals surface area contributed by atoms with Crippen LogP contribution >= 0.6 is 11.6 Å². The van der Waals surface area contributed by atoms with E-state index in [1.807, 2.05) is 24.3 Å². The fourth-order valence-corrected chi connectivity index (χ4v) is 2.32. The minimum Gasteiger partial charge on any atom is -0.497 e. The highest BCUT2D eigenvalue weighted by Crippen LogP contribution is 2.17. The number of aromatic nitrogens is 3.